The topological polar surface area (TPSA) is 59.6 Å². The maximum absolute atomic E-state index is 11.5. The molecule has 0 aliphatic heterocycles. The van der Waals surface area contributed by atoms with Crippen LogP contribution in [0.25, 0.3) is 0 Å². The van der Waals surface area contributed by atoms with Gasteiger partial charge in [0.05, 0.1) is 24.7 Å². The number of ether oxygens (including phenoxy) is 2. The monoisotopic (exact) mass is 358 g/mol. The summed E-state index contributed by atoms with van der Waals surface area (Å²) in [4.78, 5) is 11.5. The van der Waals surface area contributed by atoms with Crippen LogP contribution in [0, 0.1) is 0 Å². The molecule has 1 amide bonds. The van der Waals surface area contributed by atoms with Crippen molar-refractivity contribution in [2.24, 2.45) is 0 Å². The zero-order valence-electron chi connectivity index (χ0n) is 13.0. The van der Waals surface area contributed by atoms with Crippen molar-refractivity contribution < 1.29 is 14.3 Å². The van der Waals surface area contributed by atoms with Gasteiger partial charge in [-0.05, 0) is 54.4 Å². The highest BCUT2D eigenvalue weighted by molar-refractivity contribution is 9.10. The summed E-state index contributed by atoms with van der Waals surface area (Å²) in [6, 6.07) is 4.02. The number of carbonyl (C=O) groups excluding carboxylic acids is 1. The molecule has 0 aromatic heterocycles. The molecule has 21 heavy (non-hydrogen) atoms. The van der Waals surface area contributed by atoms with Gasteiger partial charge < -0.3 is 20.1 Å². The zero-order chi connectivity index (χ0) is 15.8. The minimum absolute atomic E-state index is 0.0121. The number of hydrogen-bond donors (Lipinski definition) is 2. The Labute approximate surface area is 134 Å². The summed E-state index contributed by atoms with van der Waals surface area (Å²) in [5.41, 5.74) is 1.01. The molecule has 118 valence electrons. The maximum Gasteiger partial charge on any atom is 0.234 e. The molecular formula is C15H23BrN2O3. The van der Waals surface area contributed by atoms with Gasteiger partial charge in [0.2, 0.25) is 5.91 Å². The number of hydrogen-bond acceptors (Lipinski definition) is 4. The first-order valence-corrected chi connectivity index (χ1v) is 7.76. The zero-order valence-corrected chi connectivity index (χ0v) is 14.5. The van der Waals surface area contributed by atoms with Crippen molar-refractivity contribution in [3.05, 3.63) is 22.2 Å². The lowest BCUT2D eigenvalue weighted by atomic mass is 10.2. The van der Waals surface area contributed by atoms with Crippen LogP contribution < -0.4 is 20.1 Å². The normalized spacial score (nSPS) is 10.6. The molecule has 0 aliphatic carbocycles. The Morgan fingerprint density at radius 3 is 2.67 bits per heavy atom. The third-order valence-electron chi connectivity index (χ3n) is 2.64. The van der Waals surface area contributed by atoms with E-state index in [9.17, 15) is 4.79 Å². The Balaban J connectivity index is 2.64. The van der Waals surface area contributed by atoms with E-state index in [0.717, 1.165) is 10.0 Å². The van der Waals surface area contributed by atoms with Crippen LogP contribution in [0.1, 0.15) is 26.3 Å². The Morgan fingerprint density at radius 1 is 1.38 bits per heavy atom. The highest BCUT2D eigenvalue weighted by Gasteiger charge is 2.11. The van der Waals surface area contributed by atoms with Crippen LogP contribution in [0.4, 0.5) is 0 Å². The Morgan fingerprint density at radius 2 is 2.10 bits per heavy atom. The lowest BCUT2D eigenvalue weighted by molar-refractivity contribution is -0.120. The maximum atomic E-state index is 11.5. The van der Waals surface area contributed by atoms with Crippen molar-refractivity contribution in [2.45, 2.75) is 33.4 Å². The van der Waals surface area contributed by atoms with Crippen molar-refractivity contribution in [3.63, 3.8) is 0 Å². The van der Waals surface area contributed by atoms with Gasteiger partial charge in [-0.25, -0.2) is 0 Å². The number of halogens is 1. The summed E-state index contributed by atoms with van der Waals surface area (Å²) in [6.45, 7) is 7.23. The molecule has 5 nitrogen and oxygen atoms in total. The Hall–Kier alpha value is -1.27. The molecule has 0 unspecified atom stereocenters. The predicted molar refractivity (Wildman–Crippen MR) is 86.8 cm³/mol. The van der Waals surface area contributed by atoms with Gasteiger partial charge in [0.15, 0.2) is 11.5 Å². The van der Waals surface area contributed by atoms with Gasteiger partial charge in [-0.2, -0.15) is 0 Å². The fourth-order valence-electron chi connectivity index (χ4n) is 1.85. The summed E-state index contributed by atoms with van der Waals surface area (Å²) in [7, 11) is 1.61. The van der Waals surface area contributed by atoms with E-state index in [-0.39, 0.29) is 18.5 Å². The van der Waals surface area contributed by atoms with Crippen molar-refractivity contribution in [2.75, 3.05) is 20.3 Å². The highest BCUT2D eigenvalue weighted by Crippen LogP contribution is 2.36. The van der Waals surface area contributed by atoms with Gasteiger partial charge in [-0.3, -0.25) is 4.79 Å². The molecule has 1 aromatic carbocycles. The quantitative estimate of drug-likeness (QED) is 0.749. The first-order valence-electron chi connectivity index (χ1n) is 6.97. The largest absolute Gasteiger partial charge is 0.493 e. The molecule has 0 heterocycles. The predicted octanol–water partition coefficient (Wildman–Crippen LogP) is 2.47. The molecule has 6 heteroatoms. The van der Waals surface area contributed by atoms with Crippen molar-refractivity contribution in [1.29, 1.82) is 0 Å². The molecule has 0 radical (unpaired) electrons. The second kappa shape index (κ2) is 8.89. The number of nitrogens with one attached hydrogen (secondary N) is 2. The van der Waals surface area contributed by atoms with Crippen molar-refractivity contribution in [1.82, 2.24) is 10.6 Å². The minimum Gasteiger partial charge on any atom is -0.493 e. The van der Waals surface area contributed by atoms with Gasteiger partial charge in [0, 0.05) is 12.6 Å². The number of methoxy groups -OCH3 is 1. The lowest BCUT2D eigenvalue weighted by Gasteiger charge is -2.14. The fraction of sp³-hybridized carbons (Fsp3) is 0.533. The number of carbonyl (C=O) groups is 1. The third-order valence-corrected chi connectivity index (χ3v) is 3.23. The van der Waals surface area contributed by atoms with Crippen LogP contribution in [-0.4, -0.2) is 32.2 Å². The van der Waals surface area contributed by atoms with E-state index >= 15 is 0 Å². The molecule has 0 saturated carbocycles. The van der Waals surface area contributed by atoms with E-state index in [1.807, 2.05) is 32.9 Å². The lowest BCUT2D eigenvalue weighted by Crippen LogP contribution is -2.37. The molecule has 1 aromatic rings. The summed E-state index contributed by atoms with van der Waals surface area (Å²) < 4.78 is 11.7. The Bertz CT molecular complexity index is 478. The first kappa shape index (κ1) is 17.8. The minimum atomic E-state index is -0.0121. The average Bonchev–Trinajstić information content (AvgIpc) is 2.40. The van der Waals surface area contributed by atoms with Crippen LogP contribution in [0.3, 0.4) is 0 Å². The fourth-order valence-corrected chi connectivity index (χ4v) is 2.46. The van der Waals surface area contributed by atoms with Gasteiger partial charge in [0.1, 0.15) is 0 Å². The SMILES string of the molecule is CCOc1c(Br)cc(CNCC(=O)NC(C)C)cc1OC. The number of rotatable bonds is 8. The highest BCUT2D eigenvalue weighted by atomic mass is 79.9. The van der Waals surface area contributed by atoms with Crippen LogP contribution in [0.15, 0.2) is 16.6 Å². The van der Waals surface area contributed by atoms with Gasteiger partial charge >= 0.3 is 0 Å². The summed E-state index contributed by atoms with van der Waals surface area (Å²) in [5, 5.41) is 5.94. The first-order chi connectivity index (χ1) is 9.97. The van der Waals surface area contributed by atoms with E-state index in [1.54, 1.807) is 7.11 Å². The smallest absolute Gasteiger partial charge is 0.234 e. The van der Waals surface area contributed by atoms with Crippen molar-refractivity contribution >= 4 is 21.8 Å². The van der Waals surface area contributed by atoms with E-state index in [2.05, 4.69) is 26.6 Å². The molecule has 0 spiro atoms. The Kier molecular flexibility index (Phi) is 7.53. The van der Waals surface area contributed by atoms with E-state index < -0.39 is 0 Å². The van der Waals surface area contributed by atoms with Gasteiger partial charge in [-0.1, -0.05) is 0 Å². The second-order valence-electron chi connectivity index (χ2n) is 4.87. The molecule has 1 rings (SSSR count). The molecule has 0 fully saturated rings. The molecule has 0 saturated heterocycles. The summed E-state index contributed by atoms with van der Waals surface area (Å²) in [6.07, 6.45) is 0. The number of benzene rings is 1. The molecule has 2 N–H and O–H groups in total. The van der Waals surface area contributed by atoms with Gasteiger partial charge in [0.25, 0.3) is 0 Å². The van der Waals surface area contributed by atoms with E-state index in [1.165, 1.54) is 0 Å². The third kappa shape index (κ3) is 5.93. The molecule has 0 bridgehead atoms. The van der Waals surface area contributed by atoms with Gasteiger partial charge in [-0.15, -0.1) is 0 Å². The van der Waals surface area contributed by atoms with E-state index in [4.69, 9.17) is 9.47 Å². The second-order valence-corrected chi connectivity index (χ2v) is 5.72. The van der Waals surface area contributed by atoms with Crippen molar-refractivity contribution in [3.8, 4) is 11.5 Å². The number of amides is 1. The summed E-state index contributed by atoms with van der Waals surface area (Å²) in [5.74, 6) is 1.36. The average molecular weight is 359 g/mol. The van der Waals surface area contributed by atoms with Crippen LogP contribution in [-0.2, 0) is 11.3 Å². The van der Waals surface area contributed by atoms with Crippen LogP contribution in [0.2, 0.25) is 0 Å². The summed E-state index contributed by atoms with van der Waals surface area (Å²) >= 11 is 3.48. The van der Waals surface area contributed by atoms with Crippen LogP contribution in [0.5, 0.6) is 11.5 Å². The molecular weight excluding hydrogens is 336 g/mol. The molecule has 0 atom stereocenters. The standard InChI is InChI=1S/C15H23BrN2O3/c1-5-21-15-12(16)6-11(7-13(15)20-4)8-17-9-14(19)18-10(2)3/h6-7,10,17H,5,8-9H2,1-4H3,(H,18,19). The van der Waals surface area contributed by atoms with Crippen LogP contribution >= 0.6 is 15.9 Å². The molecule has 0 aliphatic rings. The van der Waals surface area contributed by atoms with E-state index in [0.29, 0.717) is 24.7 Å².